The lowest BCUT2D eigenvalue weighted by Crippen LogP contribution is -2.22. The monoisotopic (exact) mass is 293 g/mol. The number of hydrogen-bond acceptors (Lipinski definition) is 4. The molecule has 1 aromatic rings. The van der Waals surface area contributed by atoms with Crippen molar-refractivity contribution in [1.82, 2.24) is 15.2 Å². The van der Waals surface area contributed by atoms with Gasteiger partial charge >= 0.3 is 0 Å². The van der Waals surface area contributed by atoms with Gasteiger partial charge in [-0.05, 0) is 38.1 Å². The van der Waals surface area contributed by atoms with Crippen LogP contribution in [0, 0.1) is 0 Å². The van der Waals surface area contributed by atoms with Crippen molar-refractivity contribution in [1.29, 1.82) is 0 Å². The van der Waals surface area contributed by atoms with E-state index < -0.39 is 0 Å². The molecule has 0 saturated carbocycles. The zero-order valence-electron chi connectivity index (χ0n) is 14.4. The highest BCUT2D eigenvalue weighted by atomic mass is 16.5. The molecular weight excluding hydrogens is 262 g/mol. The van der Waals surface area contributed by atoms with E-state index in [0.29, 0.717) is 18.6 Å². The van der Waals surface area contributed by atoms with Crippen molar-refractivity contribution in [3.63, 3.8) is 0 Å². The molecule has 1 aromatic heterocycles. The highest BCUT2D eigenvalue weighted by Crippen LogP contribution is 2.19. The third-order valence-corrected chi connectivity index (χ3v) is 3.19. The van der Waals surface area contributed by atoms with Gasteiger partial charge in [-0.3, -0.25) is 0 Å². The van der Waals surface area contributed by atoms with Gasteiger partial charge in [0.25, 0.3) is 0 Å². The van der Waals surface area contributed by atoms with E-state index in [1.54, 1.807) is 0 Å². The van der Waals surface area contributed by atoms with E-state index in [1.807, 2.05) is 0 Å². The van der Waals surface area contributed by atoms with E-state index in [4.69, 9.17) is 4.74 Å². The van der Waals surface area contributed by atoms with Crippen molar-refractivity contribution in [2.75, 3.05) is 27.2 Å². The molecule has 0 atom stereocenters. The van der Waals surface area contributed by atoms with Crippen LogP contribution in [0.2, 0.25) is 0 Å². The topological polar surface area (TPSA) is 37.4 Å². The maximum atomic E-state index is 5.83. The van der Waals surface area contributed by atoms with Crippen molar-refractivity contribution in [2.24, 2.45) is 0 Å². The zero-order valence-corrected chi connectivity index (χ0v) is 14.4. The van der Waals surface area contributed by atoms with E-state index >= 15 is 0 Å². The lowest BCUT2D eigenvalue weighted by atomic mass is 10.1. The van der Waals surface area contributed by atoms with E-state index in [2.05, 4.69) is 69.1 Å². The Hall–Kier alpha value is -1.13. The van der Waals surface area contributed by atoms with Gasteiger partial charge < -0.3 is 15.0 Å². The molecule has 0 aromatic carbocycles. The highest BCUT2D eigenvalue weighted by molar-refractivity contribution is 5.26. The Morgan fingerprint density at radius 1 is 1.19 bits per heavy atom. The number of nitrogens with zero attached hydrogens (tertiary/aromatic N) is 2. The first-order chi connectivity index (χ1) is 9.88. The summed E-state index contributed by atoms with van der Waals surface area (Å²) in [6.07, 6.45) is 1.01. The number of hydrogen-bond donors (Lipinski definition) is 1. The molecule has 21 heavy (non-hydrogen) atoms. The summed E-state index contributed by atoms with van der Waals surface area (Å²) < 4.78 is 5.83. The van der Waals surface area contributed by atoms with Crippen LogP contribution in [-0.2, 0) is 6.54 Å². The molecule has 1 N–H and O–H groups in total. The second-order valence-corrected chi connectivity index (χ2v) is 6.43. The van der Waals surface area contributed by atoms with Gasteiger partial charge in [0.1, 0.15) is 0 Å². The van der Waals surface area contributed by atoms with Crippen LogP contribution in [0.4, 0.5) is 0 Å². The number of ether oxygens (including phenoxy) is 1. The SMILES string of the molecule is CC(C)NCc1cc(OCCCN(C)C)nc(C(C)C)c1. The van der Waals surface area contributed by atoms with Crippen LogP contribution >= 0.6 is 0 Å². The molecule has 4 heteroatoms. The summed E-state index contributed by atoms with van der Waals surface area (Å²) in [7, 11) is 4.15. The van der Waals surface area contributed by atoms with Crippen molar-refractivity contribution < 1.29 is 4.74 Å². The molecule has 0 aliphatic carbocycles. The summed E-state index contributed by atoms with van der Waals surface area (Å²) in [4.78, 5) is 6.78. The highest BCUT2D eigenvalue weighted by Gasteiger charge is 2.08. The van der Waals surface area contributed by atoms with Crippen LogP contribution in [0.5, 0.6) is 5.88 Å². The minimum Gasteiger partial charge on any atom is -0.478 e. The van der Waals surface area contributed by atoms with Gasteiger partial charge in [0, 0.05) is 30.9 Å². The third-order valence-electron chi connectivity index (χ3n) is 3.19. The molecule has 0 unspecified atom stereocenters. The summed E-state index contributed by atoms with van der Waals surface area (Å²) in [6, 6.07) is 4.70. The van der Waals surface area contributed by atoms with E-state index in [-0.39, 0.29) is 0 Å². The normalized spacial score (nSPS) is 11.7. The maximum absolute atomic E-state index is 5.83. The zero-order chi connectivity index (χ0) is 15.8. The Balaban J connectivity index is 2.68. The largest absolute Gasteiger partial charge is 0.478 e. The number of aromatic nitrogens is 1. The van der Waals surface area contributed by atoms with Crippen molar-refractivity contribution in [3.8, 4) is 5.88 Å². The van der Waals surface area contributed by atoms with Gasteiger partial charge in [0.15, 0.2) is 0 Å². The fourth-order valence-corrected chi connectivity index (χ4v) is 1.93. The summed E-state index contributed by atoms with van der Waals surface area (Å²) in [5.74, 6) is 1.16. The standard InChI is InChI=1S/C17H31N3O/c1-13(2)16-10-15(12-18-14(3)4)11-17(19-16)21-9-7-8-20(5)6/h10-11,13-14,18H,7-9,12H2,1-6H3. The minimum absolute atomic E-state index is 0.410. The van der Waals surface area contributed by atoms with E-state index in [1.165, 1.54) is 5.56 Å². The summed E-state index contributed by atoms with van der Waals surface area (Å²) in [6.45, 7) is 11.2. The molecule has 0 saturated heterocycles. The van der Waals surface area contributed by atoms with Crippen molar-refractivity contribution in [3.05, 3.63) is 23.4 Å². The molecule has 1 heterocycles. The molecule has 120 valence electrons. The third kappa shape index (κ3) is 7.44. The van der Waals surface area contributed by atoms with E-state index in [9.17, 15) is 0 Å². The lowest BCUT2D eigenvalue weighted by molar-refractivity contribution is 0.272. The first-order valence-corrected chi connectivity index (χ1v) is 7.90. The average Bonchev–Trinajstić information content (AvgIpc) is 2.41. The predicted molar refractivity (Wildman–Crippen MR) is 89.0 cm³/mol. The van der Waals surface area contributed by atoms with Crippen LogP contribution in [-0.4, -0.2) is 43.2 Å². The maximum Gasteiger partial charge on any atom is 0.213 e. The van der Waals surface area contributed by atoms with Crippen LogP contribution in [0.1, 0.15) is 51.3 Å². The molecule has 0 radical (unpaired) electrons. The number of pyridine rings is 1. The van der Waals surface area contributed by atoms with Crippen LogP contribution in [0.15, 0.2) is 12.1 Å². The van der Waals surface area contributed by atoms with Gasteiger partial charge in [-0.2, -0.15) is 0 Å². The minimum atomic E-state index is 0.410. The molecule has 0 bridgehead atoms. The fraction of sp³-hybridized carbons (Fsp3) is 0.706. The molecule has 1 rings (SSSR count). The van der Waals surface area contributed by atoms with Gasteiger partial charge in [-0.1, -0.05) is 27.7 Å². The number of nitrogens with one attached hydrogen (secondary N) is 1. The first kappa shape index (κ1) is 17.9. The molecule has 0 aliphatic heterocycles. The Kier molecular flexibility index (Phi) is 7.68. The molecule has 0 aliphatic rings. The Labute approximate surface area is 129 Å². The van der Waals surface area contributed by atoms with E-state index in [0.717, 1.165) is 31.1 Å². The van der Waals surface area contributed by atoms with Crippen molar-refractivity contribution in [2.45, 2.75) is 52.6 Å². The summed E-state index contributed by atoms with van der Waals surface area (Å²) >= 11 is 0. The number of rotatable bonds is 9. The van der Waals surface area contributed by atoms with Gasteiger partial charge in [0.05, 0.1) is 6.61 Å². The molecule has 0 spiro atoms. The molecular formula is C17H31N3O. The van der Waals surface area contributed by atoms with Gasteiger partial charge in [-0.15, -0.1) is 0 Å². The average molecular weight is 293 g/mol. The van der Waals surface area contributed by atoms with Gasteiger partial charge in [0.2, 0.25) is 5.88 Å². The second kappa shape index (κ2) is 9.00. The summed E-state index contributed by atoms with van der Waals surface area (Å²) in [5.41, 5.74) is 2.34. The Morgan fingerprint density at radius 2 is 1.90 bits per heavy atom. The fourth-order valence-electron chi connectivity index (χ4n) is 1.93. The smallest absolute Gasteiger partial charge is 0.213 e. The molecule has 4 nitrogen and oxygen atoms in total. The second-order valence-electron chi connectivity index (χ2n) is 6.43. The summed E-state index contributed by atoms with van der Waals surface area (Å²) in [5, 5.41) is 3.45. The van der Waals surface area contributed by atoms with Crippen LogP contribution < -0.4 is 10.1 Å². The lowest BCUT2D eigenvalue weighted by Gasteiger charge is -2.14. The Morgan fingerprint density at radius 3 is 2.48 bits per heavy atom. The van der Waals surface area contributed by atoms with Crippen LogP contribution in [0.3, 0.4) is 0 Å². The van der Waals surface area contributed by atoms with Gasteiger partial charge in [-0.25, -0.2) is 4.98 Å². The quantitative estimate of drug-likeness (QED) is 0.710. The predicted octanol–water partition coefficient (Wildman–Crippen LogP) is 3.03. The van der Waals surface area contributed by atoms with Crippen molar-refractivity contribution >= 4 is 0 Å². The molecule has 0 fully saturated rings. The van der Waals surface area contributed by atoms with Crippen LogP contribution in [0.25, 0.3) is 0 Å². The molecule has 0 amide bonds. The Bertz CT molecular complexity index is 416. The first-order valence-electron chi connectivity index (χ1n) is 7.90.